The molecule has 2 aromatic heterocycles. The number of thiophene rings is 1. The van der Waals surface area contributed by atoms with E-state index >= 15 is 0 Å². The zero-order valence-electron chi connectivity index (χ0n) is 11.4. The largest absolute Gasteiger partial charge is 0.392 e. The lowest BCUT2D eigenvalue weighted by Crippen LogP contribution is -2.27. The van der Waals surface area contributed by atoms with Gasteiger partial charge < -0.3 is 15.4 Å². The number of aryl methyl sites for hydroxylation is 2. The van der Waals surface area contributed by atoms with Crippen LogP contribution in [0.15, 0.2) is 4.79 Å². The number of fused-ring (bicyclic) bond motifs is 1. The van der Waals surface area contributed by atoms with Gasteiger partial charge in [-0.25, -0.2) is 4.98 Å². The van der Waals surface area contributed by atoms with E-state index in [1.165, 1.54) is 0 Å². The number of nitrogens with zero attached hydrogens (tertiary/aromatic N) is 1. The maximum absolute atomic E-state index is 12.0. The Balaban J connectivity index is 2.20. The minimum absolute atomic E-state index is 0.0836. The van der Waals surface area contributed by atoms with Gasteiger partial charge in [0.1, 0.15) is 10.7 Å². The van der Waals surface area contributed by atoms with E-state index in [9.17, 15) is 9.90 Å². The lowest BCUT2D eigenvalue weighted by atomic mass is 10.2. The maximum atomic E-state index is 12.0. The van der Waals surface area contributed by atoms with Gasteiger partial charge >= 0.3 is 0 Å². The summed E-state index contributed by atoms with van der Waals surface area (Å²) in [6, 6.07) is 0. The van der Waals surface area contributed by atoms with Crippen LogP contribution in [-0.4, -0.2) is 27.7 Å². The van der Waals surface area contributed by atoms with E-state index in [4.69, 9.17) is 0 Å². The zero-order valence-corrected chi connectivity index (χ0v) is 12.2. The molecule has 0 spiro atoms. The van der Waals surface area contributed by atoms with Crippen LogP contribution in [0.1, 0.15) is 29.6 Å². The second-order valence-corrected chi connectivity index (χ2v) is 5.87. The average Bonchev–Trinajstić information content (AvgIpc) is 2.65. The number of hydrogen-bond donors (Lipinski definition) is 3. The highest BCUT2D eigenvalue weighted by molar-refractivity contribution is 7.18. The molecule has 19 heavy (non-hydrogen) atoms. The minimum atomic E-state index is -0.360. The summed E-state index contributed by atoms with van der Waals surface area (Å²) >= 11 is 1.54. The summed E-state index contributed by atoms with van der Waals surface area (Å²) in [5.41, 5.74) is 0.925. The molecule has 6 heteroatoms. The topological polar surface area (TPSA) is 78.0 Å². The molecule has 0 radical (unpaired) electrons. The Morgan fingerprint density at radius 2 is 2.21 bits per heavy atom. The molecule has 0 saturated carbocycles. The van der Waals surface area contributed by atoms with Crippen LogP contribution in [0.25, 0.3) is 10.2 Å². The molecular weight excluding hydrogens is 262 g/mol. The third kappa shape index (κ3) is 3.02. The number of aliphatic hydroxyl groups excluding tert-OH is 1. The van der Waals surface area contributed by atoms with Crippen molar-refractivity contribution in [3.63, 3.8) is 0 Å². The van der Waals surface area contributed by atoms with Gasteiger partial charge in [0.05, 0.1) is 18.0 Å². The third-order valence-electron chi connectivity index (χ3n) is 3.23. The molecule has 5 nitrogen and oxygen atoms in total. The van der Waals surface area contributed by atoms with Crippen LogP contribution in [0.3, 0.4) is 0 Å². The monoisotopic (exact) mass is 281 g/mol. The fourth-order valence-electron chi connectivity index (χ4n) is 1.88. The quantitative estimate of drug-likeness (QED) is 0.775. The summed E-state index contributed by atoms with van der Waals surface area (Å²) in [4.78, 5) is 21.2. The van der Waals surface area contributed by atoms with Crippen molar-refractivity contribution in [2.24, 2.45) is 0 Å². The van der Waals surface area contributed by atoms with Crippen molar-refractivity contribution < 1.29 is 5.11 Å². The van der Waals surface area contributed by atoms with Crippen molar-refractivity contribution in [2.75, 3.05) is 6.54 Å². The second-order valence-electron chi connectivity index (χ2n) is 4.67. The number of aromatic nitrogens is 2. The molecule has 0 aliphatic carbocycles. The van der Waals surface area contributed by atoms with Gasteiger partial charge in [0.2, 0.25) is 0 Å². The molecule has 0 fully saturated rings. The maximum Gasteiger partial charge on any atom is 0.259 e. The van der Waals surface area contributed by atoms with E-state index in [1.807, 2.05) is 20.8 Å². The second kappa shape index (κ2) is 5.81. The van der Waals surface area contributed by atoms with Crippen LogP contribution in [0.4, 0.5) is 0 Å². The normalized spacial score (nSPS) is 13.1. The Morgan fingerprint density at radius 3 is 2.89 bits per heavy atom. The molecule has 2 aromatic rings. The van der Waals surface area contributed by atoms with E-state index in [-0.39, 0.29) is 11.7 Å². The van der Waals surface area contributed by atoms with Gasteiger partial charge in [-0.3, -0.25) is 4.79 Å². The lowest BCUT2D eigenvalue weighted by molar-refractivity contribution is 0.167. The molecular formula is C13H19N3O2S. The zero-order chi connectivity index (χ0) is 14.0. The molecule has 0 aliphatic heterocycles. The van der Waals surface area contributed by atoms with Crippen LogP contribution in [0.2, 0.25) is 0 Å². The van der Waals surface area contributed by atoms with E-state index < -0.39 is 0 Å². The van der Waals surface area contributed by atoms with Crippen molar-refractivity contribution in [1.82, 2.24) is 15.3 Å². The van der Waals surface area contributed by atoms with Gasteiger partial charge in [-0.1, -0.05) is 6.92 Å². The summed E-state index contributed by atoms with van der Waals surface area (Å²) in [5, 5.41) is 13.2. The van der Waals surface area contributed by atoms with Crippen molar-refractivity contribution in [1.29, 1.82) is 0 Å². The number of rotatable bonds is 5. The summed E-state index contributed by atoms with van der Waals surface area (Å²) in [7, 11) is 0. The van der Waals surface area contributed by atoms with Gasteiger partial charge in [-0.05, 0) is 25.8 Å². The predicted molar refractivity (Wildman–Crippen MR) is 77.7 cm³/mol. The first-order chi connectivity index (χ1) is 9.02. The first kappa shape index (κ1) is 14.2. The third-order valence-corrected chi connectivity index (χ3v) is 4.33. The van der Waals surface area contributed by atoms with Crippen LogP contribution >= 0.6 is 11.3 Å². The predicted octanol–water partition coefficient (Wildman–Crippen LogP) is 1.46. The number of H-pyrrole nitrogens is 1. The summed E-state index contributed by atoms with van der Waals surface area (Å²) in [5.74, 6) is 0.613. The van der Waals surface area contributed by atoms with E-state index in [0.29, 0.717) is 30.7 Å². The molecule has 0 amide bonds. The molecule has 0 aromatic carbocycles. The summed E-state index contributed by atoms with van der Waals surface area (Å²) < 4.78 is 0. The first-order valence-corrected chi connectivity index (χ1v) is 7.22. The van der Waals surface area contributed by atoms with E-state index in [0.717, 1.165) is 15.3 Å². The van der Waals surface area contributed by atoms with Crippen LogP contribution in [-0.2, 0) is 6.54 Å². The number of aliphatic hydroxyl groups is 1. The van der Waals surface area contributed by atoms with Gasteiger partial charge in [0.15, 0.2) is 0 Å². The number of aromatic amines is 1. The Labute approximate surface area is 115 Å². The minimum Gasteiger partial charge on any atom is -0.392 e. The highest BCUT2D eigenvalue weighted by Crippen LogP contribution is 2.25. The van der Waals surface area contributed by atoms with Gasteiger partial charge in [-0.2, -0.15) is 0 Å². The lowest BCUT2D eigenvalue weighted by Gasteiger charge is -2.08. The highest BCUT2D eigenvalue weighted by Gasteiger charge is 2.11. The fraction of sp³-hybridized carbons (Fsp3) is 0.538. The van der Waals surface area contributed by atoms with Crippen molar-refractivity contribution in [2.45, 2.75) is 39.8 Å². The van der Waals surface area contributed by atoms with Gasteiger partial charge in [0, 0.05) is 11.4 Å². The molecule has 0 saturated heterocycles. The Hall–Kier alpha value is -1.24. The van der Waals surface area contributed by atoms with Crippen molar-refractivity contribution >= 4 is 21.6 Å². The molecule has 1 unspecified atom stereocenters. The van der Waals surface area contributed by atoms with Crippen LogP contribution in [0, 0.1) is 13.8 Å². The Kier molecular flexibility index (Phi) is 4.34. The van der Waals surface area contributed by atoms with E-state index in [2.05, 4.69) is 15.3 Å². The molecule has 0 aliphatic rings. The van der Waals surface area contributed by atoms with Crippen molar-refractivity contribution in [3.8, 4) is 0 Å². The average molecular weight is 281 g/mol. The number of hydrogen-bond acceptors (Lipinski definition) is 5. The first-order valence-electron chi connectivity index (χ1n) is 6.40. The summed E-state index contributed by atoms with van der Waals surface area (Å²) in [6.45, 7) is 6.83. The van der Waals surface area contributed by atoms with Gasteiger partial charge in [0.25, 0.3) is 5.56 Å². The molecule has 0 bridgehead atoms. The smallest absolute Gasteiger partial charge is 0.259 e. The molecule has 2 rings (SSSR count). The molecule has 3 N–H and O–H groups in total. The van der Waals surface area contributed by atoms with Crippen molar-refractivity contribution in [3.05, 3.63) is 26.6 Å². The Morgan fingerprint density at radius 1 is 1.47 bits per heavy atom. The van der Waals surface area contributed by atoms with E-state index in [1.54, 1.807) is 11.3 Å². The number of nitrogens with one attached hydrogen (secondary N) is 2. The SMILES string of the molecule is CCC(O)CNCc1nc2sc(C)c(C)c2c(=O)[nH]1. The Bertz CT molecular complexity index is 633. The van der Waals surface area contributed by atoms with Gasteiger partial charge in [-0.15, -0.1) is 11.3 Å². The summed E-state index contributed by atoms with van der Waals surface area (Å²) in [6.07, 6.45) is 0.348. The van der Waals surface area contributed by atoms with Crippen LogP contribution < -0.4 is 10.9 Å². The molecule has 1 atom stereocenters. The fourth-order valence-corrected chi connectivity index (χ4v) is 2.93. The standard InChI is InChI=1S/C13H19N3O2S/c1-4-9(17)5-14-6-10-15-12(18)11-7(2)8(3)19-13(11)16-10/h9,14,17H,4-6H2,1-3H3,(H,15,16,18). The molecule has 2 heterocycles. The highest BCUT2D eigenvalue weighted by atomic mass is 32.1. The molecule has 104 valence electrons. The van der Waals surface area contributed by atoms with Crippen LogP contribution in [0.5, 0.6) is 0 Å².